The van der Waals surface area contributed by atoms with Crippen LogP contribution in [0.15, 0.2) is 12.1 Å². The quantitative estimate of drug-likeness (QED) is 0.246. The first-order valence-electron chi connectivity index (χ1n) is 10.3. The maximum absolute atomic E-state index is 12.6. The molecule has 3 rings (SSSR count). The minimum atomic E-state index is -1.38. The molecule has 0 radical (unpaired) electrons. The molecule has 0 fully saturated rings. The smallest absolute Gasteiger partial charge is 0.326 e. The average molecular weight is 527 g/mol. The van der Waals surface area contributed by atoms with Gasteiger partial charge in [0.15, 0.2) is 11.6 Å². The van der Waals surface area contributed by atoms with Crippen molar-refractivity contribution in [3.05, 3.63) is 27.7 Å². The van der Waals surface area contributed by atoms with Crippen molar-refractivity contribution in [1.29, 1.82) is 0 Å². The summed E-state index contributed by atoms with van der Waals surface area (Å²) in [5.41, 5.74) is 12.6. The molecule has 0 aliphatic carbocycles. The highest BCUT2D eigenvalue weighted by molar-refractivity contribution is 6.39. The Labute approximate surface area is 209 Å². The minimum absolute atomic E-state index is 0.0348. The highest BCUT2D eigenvalue weighted by atomic mass is 35.5. The van der Waals surface area contributed by atoms with Crippen LogP contribution < -0.4 is 32.3 Å². The third-order valence-corrected chi connectivity index (χ3v) is 5.80. The summed E-state index contributed by atoms with van der Waals surface area (Å²) in [5.74, 6) is -2.49. The van der Waals surface area contributed by atoms with Crippen LogP contribution >= 0.6 is 23.2 Å². The van der Waals surface area contributed by atoms with Crippen molar-refractivity contribution in [2.45, 2.75) is 24.9 Å². The zero-order chi connectivity index (χ0) is 25.9. The molecule has 0 saturated carbocycles. The predicted octanol–water partition coefficient (Wildman–Crippen LogP) is 1.34. The van der Waals surface area contributed by atoms with Crippen molar-refractivity contribution in [3.8, 4) is 0 Å². The Hall–Kier alpha value is -3.71. The van der Waals surface area contributed by atoms with Crippen LogP contribution in [-0.4, -0.2) is 70.2 Å². The van der Waals surface area contributed by atoms with Gasteiger partial charge in [-0.3, -0.25) is 9.59 Å². The number of likely N-dealkylation sites (N-methyl/N-ethyl adjacent to an activating group) is 1. The number of nitrogens with two attached hydrogens (primary N) is 2. The van der Waals surface area contributed by atoms with Crippen molar-refractivity contribution in [2.75, 3.05) is 47.1 Å². The van der Waals surface area contributed by atoms with E-state index in [2.05, 4.69) is 25.9 Å². The largest absolute Gasteiger partial charge is 0.481 e. The van der Waals surface area contributed by atoms with E-state index < -0.39 is 30.3 Å². The van der Waals surface area contributed by atoms with E-state index in [1.165, 1.54) is 12.1 Å². The number of benzene rings is 1. The first-order valence-corrected chi connectivity index (χ1v) is 11.1. The molecule has 1 amide bonds. The highest BCUT2D eigenvalue weighted by Gasteiger charge is 2.26. The molecule has 15 heteroatoms. The summed E-state index contributed by atoms with van der Waals surface area (Å²) in [5, 5.41) is 27.1. The van der Waals surface area contributed by atoms with Gasteiger partial charge in [-0.1, -0.05) is 23.2 Å². The molecule has 188 valence electrons. The van der Waals surface area contributed by atoms with E-state index >= 15 is 0 Å². The number of aliphatic carboxylic acids is 2. The molecular formula is C20H24Cl2N8O5. The van der Waals surface area contributed by atoms with Gasteiger partial charge in [0.25, 0.3) is 5.91 Å². The van der Waals surface area contributed by atoms with E-state index in [9.17, 15) is 19.5 Å². The molecule has 2 aromatic rings. The Kier molecular flexibility index (Phi) is 7.92. The Morgan fingerprint density at radius 1 is 1.23 bits per heavy atom. The van der Waals surface area contributed by atoms with Crippen molar-refractivity contribution in [1.82, 2.24) is 15.3 Å². The first kappa shape index (κ1) is 25.9. The second-order valence-corrected chi connectivity index (χ2v) is 8.69. The number of carbonyl (C=O) groups is 3. The van der Waals surface area contributed by atoms with Crippen molar-refractivity contribution in [3.63, 3.8) is 0 Å². The minimum Gasteiger partial charge on any atom is -0.481 e. The van der Waals surface area contributed by atoms with E-state index in [4.69, 9.17) is 39.8 Å². The van der Waals surface area contributed by atoms with Crippen LogP contribution in [0.25, 0.3) is 0 Å². The molecule has 13 nitrogen and oxygen atoms in total. The Bertz CT molecular complexity index is 1140. The van der Waals surface area contributed by atoms with Gasteiger partial charge in [0, 0.05) is 32.1 Å². The van der Waals surface area contributed by atoms with Gasteiger partial charge in [-0.25, -0.2) is 4.79 Å². The normalized spacial score (nSPS) is 15.2. The lowest BCUT2D eigenvalue weighted by atomic mass is 10.1. The van der Waals surface area contributed by atoms with Gasteiger partial charge in [-0.05, 0) is 18.6 Å². The van der Waals surface area contributed by atoms with Gasteiger partial charge < -0.3 is 42.5 Å². The number of nitrogen functional groups attached to an aromatic ring is 2. The average Bonchev–Trinajstić information content (AvgIpc) is 2.75. The van der Waals surface area contributed by atoms with Crippen LogP contribution in [0.3, 0.4) is 0 Å². The fourth-order valence-corrected chi connectivity index (χ4v) is 4.38. The summed E-state index contributed by atoms with van der Waals surface area (Å²) in [4.78, 5) is 44.5. The van der Waals surface area contributed by atoms with Crippen molar-refractivity contribution >= 4 is 70.0 Å². The predicted molar refractivity (Wildman–Crippen MR) is 132 cm³/mol. The van der Waals surface area contributed by atoms with Crippen LogP contribution in [0.4, 0.5) is 29.0 Å². The number of carboxylic acid groups (broad SMARTS) is 2. The molecule has 0 saturated heterocycles. The van der Waals surface area contributed by atoms with E-state index in [1.54, 1.807) is 11.9 Å². The summed E-state index contributed by atoms with van der Waals surface area (Å²) in [6.07, 6.45) is -0.686. The fourth-order valence-electron chi connectivity index (χ4n) is 3.60. The molecular weight excluding hydrogens is 503 g/mol. The molecule has 35 heavy (non-hydrogen) atoms. The number of halogens is 2. The maximum atomic E-state index is 12.6. The standard InChI is InChI=1S/C20H24Cl2N8O5/c1-30(7-9-6-25-17-14(26-9)16(23)28-20(24)29-17)15-10(21)4-8(5-11(15)22)18(33)27-12(19(34)35)2-3-13(31)32/h4-5,9,12,26H,2-3,6-7H2,1H3,(H,27,33)(H,31,32)(H,34,35)(H5,23,24,25,28,29)/t9?,12-/m0/s1. The Morgan fingerprint density at radius 3 is 2.49 bits per heavy atom. The van der Waals surface area contributed by atoms with Gasteiger partial charge in [-0.15, -0.1) is 0 Å². The van der Waals surface area contributed by atoms with Crippen molar-refractivity contribution < 1.29 is 24.6 Å². The van der Waals surface area contributed by atoms with E-state index in [0.717, 1.165) is 0 Å². The Morgan fingerprint density at radius 2 is 1.89 bits per heavy atom. The summed E-state index contributed by atoms with van der Waals surface area (Å²) >= 11 is 12.9. The molecule has 2 atom stereocenters. The lowest BCUT2D eigenvalue weighted by Gasteiger charge is -2.32. The van der Waals surface area contributed by atoms with Crippen LogP contribution in [0, 0.1) is 0 Å². The number of rotatable bonds is 9. The number of anilines is 5. The number of nitrogens with one attached hydrogen (secondary N) is 3. The molecule has 1 aliphatic heterocycles. The molecule has 1 aliphatic rings. The fraction of sp³-hybridized carbons (Fsp3) is 0.350. The summed E-state index contributed by atoms with van der Waals surface area (Å²) in [7, 11) is 1.76. The molecule has 1 aromatic carbocycles. The number of carboxylic acids is 2. The lowest BCUT2D eigenvalue weighted by Crippen LogP contribution is -2.43. The van der Waals surface area contributed by atoms with Crippen molar-refractivity contribution in [2.24, 2.45) is 0 Å². The third-order valence-electron chi connectivity index (χ3n) is 5.22. The molecule has 1 unspecified atom stereocenters. The summed E-state index contributed by atoms with van der Waals surface area (Å²) < 4.78 is 0. The number of hydrogen-bond donors (Lipinski definition) is 7. The number of nitrogens with zero attached hydrogens (tertiary/aromatic N) is 3. The van der Waals surface area contributed by atoms with E-state index in [1.807, 2.05) is 0 Å². The van der Waals surface area contributed by atoms with Crippen LogP contribution in [0.5, 0.6) is 0 Å². The third kappa shape index (κ3) is 6.25. The molecule has 9 N–H and O–H groups in total. The zero-order valence-corrected chi connectivity index (χ0v) is 20.0. The number of fused-ring (bicyclic) bond motifs is 1. The molecule has 2 heterocycles. The number of amides is 1. The van der Waals surface area contributed by atoms with Gasteiger partial charge in [0.05, 0.1) is 21.8 Å². The topological polar surface area (TPSA) is 209 Å². The lowest BCUT2D eigenvalue weighted by molar-refractivity contribution is -0.140. The summed E-state index contributed by atoms with van der Waals surface area (Å²) in [6, 6.07) is 1.21. The SMILES string of the molecule is CN(CC1CNc2nc(N)nc(N)c2N1)c1c(Cl)cc(C(=O)N[C@@H](CCC(=O)O)C(=O)O)cc1Cl. The van der Waals surface area contributed by atoms with Gasteiger partial charge >= 0.3 is 11.9 Å². The van der Waals surface area contributed by atoms with E-state index in [0.29, 0.717) is 30.3 Å². The molecule has 0 spiro atoms. The maximum Gasteiger partial charge on any atom is 0.326 e. The number of aromatic nitrogens is 2. The first-order chi connectivity index (χ1) is 16.5. The van der Waals surface area contributed by atoms with Gasteiger partial charge in [0.1, 0.15) is 11.7 Å². The van der Waals surface area contributed by atoms with Crippen LogP contribution in [0.2, 0.25) is 10.0 Å². The van der Waals surface area contributed by atoms with E-state index in [-0.39, 0.29) is 39.8 Å². The van der Waals surface area contributed by atoms with Crippen LogP contribution in [-0.2, 0) is 9.59 Å². The summed E-state index contributed by atoms with van der Waals surface area (Å²) in [6.45, 7) is 0.924. The van der Waals surface area contributed by atoms with Crippen LogP contribution in [0.1, 0.15) is 23.2 Å². The molecule has 1 aromatic heterocycles. The zero-order valence-electron chi connectivity index (χ0n) is 18.5. The number of hydrogen-bond acceptors (Lipinski definition) is 10. The van der Waals surface area contributed by atoms with Gasteiger partial charge in [0.2, 0.25) is 5.95 Å². The monoisotopic (exact) mass is 526 g/mol. The highest BCUT2D eigenvalue weighted by Crippen LogP contribution is 2.36. The number of carbonyl (C=O) groups excluding carboxylic acids is 1. The Balaban J connectivity index is 1.71. The molecule has 0 bridgehead atoms. The second-order valence-electron chi connectivity index (χ2n) is 7.88. The van der Waals surface area contributed by atoms with Gasteiger partial charge in [-0.2, -0.15) is 9.97 Å². The second kappa shape index (κ2) is 10.7.